The Kier molecular flexibility index (Phi) is 14.4. The zero-order valence-corrected chi connectivity index (χ0v) is 36.1. The number of fused-ring (bicyclic) bond motifs is 2. The highest BCUT2D eigenvalue weighted by Gasteiger charge is 2.23. The highest BCUT2D eigenvalue weighted by molar-refractivity contribution is 6.06. The molecule has 6 heterocycles. The number of nitrogens with zero attached hydrogens (tertiary/aromatic N) is 10. The number of anilines is 4. The first-order valence-corrected chi connectivity index (χ1v) is 20.5. The number of aromatic nitrogens is 9. The van der Waals surface area contributed by atoms with Crippen LogP contribution in [0.4, 0.5) is 23.3 Å². The van der Waals surface area contributed by atoms with Crippen LogP contribution in [-0.2, 0) is 30.9 Å². The highest BCUT2D eigenvalue weighted by Crippen LogP contribution is 2.31. The Bertz CT molecular complexity index is 2670. The van der Waals surface area contributed by atoms with Crippen LogP contribution in [0.1, 0.15) is 73.3 Å². The molecule has 0 unspecified atom stereocenters. The van der Waals surface area contributed by atoms with Crippen molar-refractivity contribution in [1.82, 2.24) is 48.5 Å². The van der Waals surface area contributed by atoms with E-state index in [-0.39, 0.29) is 29.4 Å². The van der Waals surface area contributed by atoms with Gasteiger partial charge in [-0.15, -0.1) is 0 Å². The van der Waals surface area contributed by atoms with Gasteiger partial charge in [0.2, 0.25) is 23.7 Å². The molecule has 3 amide bonds. The molecule has 334 valence electrons. The van der Waals surface area contributed by atoms with E-state index >= 15 is 0 Å². The summed E-state index contributed by atoms with van der Waals surface area (Å²) in [7, 11) is 1.76. The highest BCUT2D eigenvalue weighted by atomic mass is 16.5. The second kappa shape index (κ2) is 20.0. The fourth-order valence-electron chi connectivity index (χ4n) is 7.12. The van der Waals surface area contributed by atoms with Gasteiger partial charge in [-0.1, -0.05) is 12.2 Å². The standard InChI is InChI=1S/C34H43N13O5.C7H11N3O/c1-4-47-28(26(35)20(2)43-47)32(50)42-34-41-24-17-22(30(37)49)19-39-31(24)46(34)10-6-5-9-45-27-23(40-33(45)38-3)16-21(29(36)48)18-25(27)52-13-7-8-44-11-14-51-15-12-44;1-3-10-6(4-11)7(8)5(2)9-10/h5-6,16-19H,4,7-15,35H2,1-3H3,(H2,36,48)(H2,37,49)(H,38,40)(H,41,42,50);4H,3,8H2,1-2H3/b6-5+;. The van der Waals surface area contributed by atoms with E-state index in [2.05, 4.69) is 35.7 Å². The van der Waals surface area contributed by atoms with Crippen LogP contribution >= 0.6 is 0 Å². The molecule has 63 heavy (non-hydrogen) atoms. The van der Waals surface area contributed by atoms with E-state index in [1.54, 1.807) is 42.3 Å². The predicted octanol–water partition coefficient (Wildman–Crippen LogP) is 2.34. The molecule has 5 aromatic heterocycles. The molecule has 7 rings (SSSR count). The minimum absolute atomic E-state index is 0.180. The smallest absolute Gasteiger partial charge is 0.278 e. The fraction of sp³-hybridized carbons (Fsp3) is 0.390. The molecule has 6 aromatic rings. The third-order valence-corrected chi connectivity index (χ3v) is 10.4. The maximum Gasteiger partial charge on any atom is 0.278 e. The molecule has 0 saturated carbocycles. The van der Waals surface area contributed by atoms with Crippen molar-refractivity contribution in [2.24, 2.45) is 11.5 Å². The largest absolute Gasteiger partial charge is 0.491 e. The first-order chi connectivity index (χ1) is 30.3. The maximum absolute atomic E-state index is 13.5. The van der Waals surface area contributed by atoms with Crippen molar-refractivity contribution in [2.45, 2.75) is 60.3 Å². The van der Waals surface area contributed by atoms with Crippen molar-refractivity contribution in [3.8, 4) is 5.75 Å². The van der Waals surface area contributed by atoms with Crippen LogP contribution < -0.4 is 38.3 Å². The summed E-state index contributed by atoms with van der Waals surface area (Å²) in [6.45, 7) is 13.5. The zero-order chi connectivity index (χ0) is 45.4. The van der Waals surface area contributed by atoms with Crippen LogP contribution in [0.5, 0.6) is 5.75 Å². The average molecular weight is 867 g/mol. The lowest BCUT2D eigenvalue weighted by molar-refractivity contribution is 0.0358. The van der Waals surface area contributed by atoms with Crippen LogP contribution in [0.2, 0.25) is 0 Å². The summed E-state index contributed by atoms with van der Waals surface area (Å²) in [6.07, 6.45) is 6.70. The van der Waals surface area contributed by atoms with Gasteiger partial charge in [0.1, 0.15) is 28.2 Å². The first-order valence-electron chi connectivity index (χ1n) is 20.5. The summed E-state index contributed by atoms with van der Waals surface area (Å²) >= 11 is 0. The number of ether oxygens (including phenoxy) is 2. The molecular weight excluding hydrogens is 813 g/mol. The Morgan fingerprint density at radius 3 is 2.13 bits per heavy atom. The molecule has 0 radical (unpaired) electrons. The van der Waals surface area contributed by atoms with Crippen molar-refractivity contribution in [3.63, 3.8) is 0 Å². The summed E-state index contributed by atoms with van der Waals surface area (Å²) in [5, 5.41) is 14.4. The number of aldehydes is 1. The van der Waals surface area contributed by atoms with Gasteiger partial charge in [-0.2, -0.15) is 10.2 Å². The number of primary amides is 2. The number of hydrogen-bond donors (Lipinski definition) is 6. The molecule has 0 aliphatic carbocycles. The van der Waals surface area contributed by atoms with Gasteiger partial charge in [-0.3, -0.25) is 43.3 Å². The Hall–Kier alpha value is -7.33. The van der Waals surface area contributed by atoms with Gasteiger partial charge in [0.25, 0.3) is 5.91 Å². The van der Waals surface area contributed by atoms with Crippen LogP contribution in [0.25, 0.3) is 22.2 Å². The summed E-state index contributed by atoms with van der Waals surface area (Å²) in [5.41, 5.74) is 28.2. The van der Waals surface area contributed by atoms with Crippen LogP contribution in [0.3, 0.4) is 0 Å². The van der Waals surface area contributed by atoms with Crippen molar-refractivity contribution in [1.29, 1.82) is 0 Å². The molecule has 0 spiro atoms. The lowest BCUT2D eigenvalue weighted by Crippen LogP contribution is -2.37. The van der Waals surface area contributed by atoms with Crippen molar-refractivity contribution in [3.05, 3.63) is 70.5 Å². The molecule has 1 saturated heterocycles. The molecule has 10 N–H and O–H groups in total. The molecule has 22 nitrogen and oxygen atoms in total. The lowest BCUT2D eigenvalue weighted by atomic mass is 10.1. The normalized spacial score (nSPS) is 13.0. The lowest BCUT2D eigenvalue weighted by Gasteiger charge is -2.26. The van der Waals surface area contributed by atoms with E-state index in [9.17, 15) is 19.2 Å². The Labute approximate surface area is 362 Å². The number of nitrogens with one attached hydrogen (secondary N) is 2. The van der Waals surface area contributed by atoms with Crippen molar-refractivity contribution in [2.75, 3.05) is 68.6 Å². The number of carbonyl (C=O) groups excluding carboxylic acids is 4. The molecular formula is C41H54N16O6. The van der Waals surface area contributed by atoms with Crippen LogP contribution in [0, 0.1) is 13.8 Å². The number of nitrogen functional groups attached to an aromatic ring is 2. The third kappa shape index (κ3) is 9.92. The Morgan fingerprint density at radius 1 is 0.857 bits per heavy atom. The number of nitrogens with two attached hydrogens (primary N) is 4. The second-order valence-corrected chi connectivity index (χ2v) is 14.5. The number of hydrogen-bond acceptors (Lipinski definition) is 15. The van der Waals surface area contributed by atoms with Crippen LogP contribution in [-0.4, -0.2) is 119 Å². The molecule has 0 bridgehead atoms. The van der Waals surface area contributed by atoms with E-state index in [1.807, 2.05) is 30.6 Å². The number of imidazole rings is 2. The van der Waals surface area contributed by atoms with Gasteiger partial charge in [0.05, 0.1) is 53.7 Å². The summed E-state index contributed by atoms with van der Waals surface area (Å²) in [5.74, 6) is -0.481. The monoisotopic (exact) mass is 866 g/mol. The van der Waals surface area contributed by atoms with Crippen molar-refractivity contribution >= 4 is 69.5 Å². The Balaban J connectivity index is 0.000000524. The third-order valence-electron chi connectivity index (χ3n) is 10.4. The van der Waals surface area contributed by atoms with E-state index in [0.717, 1.165) is 45.6 Å². The van der Waals surface area contributed by atoms with Gasteiger partial charge in [-0.05, 0) is 52.3 Å². The molecule has 1 aliphatic heterocycles. The van der Waals surface area contributed by atoms with E-state index < -0.39 is 17.7 Å². The van der Waals surface area contributed by atoms with Crippen molar-refractivity contribution < 1.29 is 28.7 Å². The fourth-order valence-corrected chi connectivity index (χ4v) is 7.12. The molecule has 1 fully saturated rings. The number of amides is 3. The van der Waals surface area contributed by atoms with E-state index in [0.29, 0.717) is 88.5 Å². The van der Waals surface area contributed by atoms with Gasteiger partial charge < -0.3 is 42.3 Å². The van der Waals surface area contributed by atoms with Gasteiger partial charge in [-0.25, -0.2) is 15.0 Å². The van der Waals surface area contributed by atoms with Gasteiger partial charge >= 0.3 is 0 Å². The SMILES string of the molecule is CCn1nc(C)c(N)c1C(=O)Nc1nc2cc(C(N)=O)cnc2n1C/C=C/Cn1c(NC)nc2cc(C(N)=O)cc(OCCCN3CCOCC3)c21.CCn1nc(C)c(N)c1C=O. The number of benzene rings is 1. The Morgan fingerprint density at radius 2 is 1.49 bits per heavy atom. The van der Waals surface area contributed by atoms with Crippen LogP contribution in [0.15, 0.2) is 36.5 Å². The minimum Gasteiger partial charge on any atom is -0.491 e. The summed E-state index contributed by atoms with van der Waals surface area (Å²) in [4.78, 5) is 64.1. The molecule has 22 heteroatoms. The molecule has 0 atom stereocenters. The minimum atomic E-state index is -0.652. The number of carbonyl (C=O) groups is 4. The number of rotatable bonds is 17. The molecule has 1 aromatic carbocycles. The quantitative estimate of drug-likeness (QED) is 0.0436. The average Bonchev–Trinajstić information content (AvgIpc) is 3.99. The number of aryl methyl sites for hydroxylation is 4. The predicted molar refractivity (Wildman–Crippen MR) is 238 cm³/mol. The van der Waals surface area contributed by atoms with Gasteiger partial charge in [0, 0.05) is 64.6 Å². The van der Waals surface area contributed by atoms with E-state index in [4.69, 9.17) is 37.4 Å². The second-order valence-electron chi connectivity index (χ2n) is 14.5. The van der Waals surface area contributed by atoms with E-state index in [1.165, 1.54) is 16.9 Å². The molecule has 1 aliphatic rings. The first kappa shape index (κ1) is 45.2. The zero-order valence-electron chi connectivity index (χ0n) is 36.1. The summed E-state index contributed by atoms with van der Waals surface area (Å²) in [6, 6.07) is 4.82. The maximum atomic E-state index is 13.5. The number of pyridine rings is 1. The number of morpholine rings is 1. The summed E-state index contributed by atoms with van der Waals surface area (Å²) < 4.78 is 18.5. The number of allylic oxidation sites excluding steroid dienone is 2. The van der Waals surface area contributed by atoms with Gasteiger partial charge in [0.15, 0.2) is 11.9 Å². The topological polar surface area (TPSA) is 302 Å².